The molecule has 0 aliphatic heterocycles. The first-order chi connectivity index (χ1) is 8.47. The van der Waals surface area contributed by atoms with Gasteiger partial charge in [0.15, 0.2) is 17.3 Å². The number of aromatic carboxylic acids is 1. The monoisotopic (exact) mass is 253 g/mol. The maximum atomic E-state index is 13.0. The van der Waals surface area contributed by atoms with Crippen molar-refractivity contribution >= 4 is 11.7 Å². The number of benzene rings is 1. The number of anilines is 1. The summed E-state index contributed by atoms with van der Waals surface area (Å²) in [4.78, 5) is 10.7. The molecule has 18 heavy (non-hydrogen) atoms. The second-order valence-electron chi connectivity index (χ2n) is 3.68. The molecule has 7 heteroatoms. The van der Waals surface area contributed by atoms with Crippen molar-refractivity contribution in [3.63, 3.8) is 0 Å². The van der Waals surface area contributed by atoms with Crippen LogP contribution in [-0.4, -0.2) is 20.9 Å². The lowest BCUT2D eigenvalue weighted by molar-refractivity contribution is 0.0690. The zero-order valence-corrected chi connectivity index (χ0v) is 9.10. The van der Waals surface area contributed by atoms with Crippen molar-refractivity contribution in [1.29, 1.82) is 0 Å². The van der Waals surface area contributed by atoms with Gasteiger partial charge in [-0.3, -0.25) is 4.68 Å². The molecule has 94 valence electrons. The first-order valence-corrected chi connectivity index (χ1v) is 4.97. The molecule has 0 atom stereocenters. The fourth-order valence-electron chi connectivity index (χ4n) is 1.51. The van der Waals surface area contributed by atoms with Crippen LogP contribution >= 0.6 is 0 Å². The van der Waals surface area contributed by atoms with Gasteiger partial charge in [-0.05, 0) is 17.7 Å². The Morgan fingerprint density at radius 1 is 1.39 bits per heavy atom. The van der Waals surface area contributed by atoms with E-state index in [2.05, 4.69) is 5.10 Å². The number of halogens is 2. The lowest BCUT2D eigenvalue weighted by Gasteiger charge is -2.02. The molecule has 0 saturated heterocycles. The fraction of sp³-hybridized carbons (Fsp3) is 0.0909. The van der Waals surface area contributed by atoms with E-state index in [1.165, 1.54) is 16.9 Å². The van der Waals surface area contributed by atoms with Crippen LogP contribution in [0.1, 0.15) is 16.1 Å². The number of aromatic nitrogens is 2. The second-order valence-corrected chi connectivity index (χ2v) is 3.68. The second kappa shape index (κ2) is 4.44. The Kier molecular flexibility index (Phi) is 2.97. The van der Waals surface area contributed by atoms with Crippen LogP contribution in [-0.2, 0) is 6.54 Å². The third-order valence-corrected chi connectivity index (χ3v) is 2.32. The van der Waals surface area contributed by atoms with Crippen molar-refractivity contribution < 1.29 is 18.7 Å². The molecule has 0 aliphatic rings. The average molecular weight is 253 g/mol. The third kappa shape index (κ3) is 2.29. The van der Waals surface area contributed by atoms with Crippen LogP contribution < -0.4 is 5.73 Å². The Bertz CT molecular complexity index is 610. The summed E-state index contributed by atoms with van der Waals surface area (Å²) in [5, 5.41) is 12.5. The molecule has 0 radical (unpaired) electrons. The Hall–Kier alpha value is -2.44. The van der Waals surface area contributed by atoms with Gasteiger partial charge in [0.1, 0.15) is 0 Å². The van der Waals surface area contributed by atoms with E-state index in [0.717, 1.165) is 12.1 Å². The van der Waals surface area contributed by atoms with Gasteiger partial charge in [0.2, 0.25) is 0 Å². The minimum Gasteiger partial charge on any atom is -0.476 e. The van der Waals surface area contributed by atoms with Gasteiger partial charge in [0.05, 0.1) is 12.2 Å². The third-order valence-electron chi connectivity index (χ3n) is 2.32. The minimum atomic E-state index is -1.24. The van der Waals surface area contributed by atoms with Gasteiger partial charge < -0.3 is 10.8 Å². The van der Waals surface area contributed by atoms with Crippen molar-refractivity contribution in [2.75, 3.05) is 5.73 Å². The van der Waals surface area contributed by atoms with Crippen LogP contribution in [0.25, 0.3) is 0 Å². The highest BCUT2D eigenvalue weighted by Gasteiger charge is 2.13. The number of nitrogens with two attached hydrogens (primary N) is 1. The van der Waals surface area contributed by atoms with Gasteiger partial charge >= 0.3 is 5.97 Å². The molecule has 2 rings (SSSR count). The molecule has 5 nitrogen and oxygen atoms in total. The maximum Gasteiger partial charge on any atom is 0.358 e. The van der Waals surface area contributed by atoms with Crippen molar-refractivity contribution in [2.45, 2.75) is 6.54 Å². The number of hydrogen-bond donors (Lipinski definition) is 2. The van der Waals surface area contributed by atoms with Gasteiger partial charge in [-0.2, -0.15) is 5.10 Å². The Balaban J connectivity index is 2.26. The molecule has 0 bridgehead atoms. The number of rotatable bonds is 3. The van der Waals surface area contributed by atoms with Crippen molar-refractivity contribution in [3.05, 3.63) is 47.3 Å². The molecule has 0 fully saturated rings. The summed E-state index contributed by atoms with van der Waals surface area (Å²) in [7, 11) is 0. The summed E-state index contributed by atoms with van der Waals surface area (Å²) in [5.41, 5.74) is 5.66. The summed E-state index contributed by atoms with van der Waals surface area (Å²) in [6.45, 7) is 0.106. The predicted octanol–water partition coefficient (Wildman–Crippen LogP) is 1.49. The largest absolute Gasteiger partial charge is 0.476 e. The van der Waals surface area contributed by atoms with Crippen molar-refractivity contribution in [2.24, 2.45) is 0 Å². The van der Waals surface area contributed by atoms with E-state index >= 15 is 0 Å². The molecule has 1 aromatic carbocycles. The van der Waals surface area contributed by atoms with E-state index in [0.29, 0.717) is 5.56 Å². The lowest BCUT2D eigenvalue weighted by atomic mass is 10.2. The molecule has 0 amide bonds. The van der Waals surface area contributed by atoms with Gasteiger partial charge in [0.25, 0.3) is 0 Å². The number of nitrogen functional groups attached to an aromatic ring is 1. The Labute approximate surface area is 100 Å². The average Bonchev–Trinajstić information content (AvgIpc) is 2.65. The zero-order chi connectivity index (χ0) is 13.3. The van der Waals surface area contributed by atoms with E-state index in [1.807, 2.05) is 0 Å². The molecule has 3 N–H and O–H groups in total. The smallest absolute Gasteiger partial charge is 0.358 e. The Morgan fingerprint density at radius 3 is 2.67 bits per heavy atom. The number of hydrogen-bond acceptors (Lipinski definition) is 3. The van der Waals surface area contributed by atoms with Crippen LogP contribution in [0.2, 0.25) is 0 Å². The maximum absolute atomic E-state index is 13.0. The van der Waals surface area contributed by atoms with Crippen LogP contribution in [0.3, 0.4) is 0 Å². The molecule has 0 aliphatic carbocycles. The molecule has 1 aromatic heterocycles. The van der Waals surface area contributed by atoms with Gasteiger partial charge in [-0.15, -0.1) is 0 Å². The number of carboxylic acid groups (broad SMARTS) is 1. The Morgan fingerprint density at radius 2 is 2.11 bits per heavy atom. The van der Waals surface area contributed by atoms with E-state index < -0.39 is 17.6 Å². The summed E-state index contributed by atoms with van der Waals surface area (Å²) < 4.78 is 26.9. The normalized spacial score (nSPS) is 10.6. The molecule has 0 saturated carbocycles. The summed E-state index contributed by atoms with van der Waals surface area (Å²) >= 11 is 0. The van der Waals surface area contributed by atoms with E-state index in [1.54, 1.807) is 0 Å². The van der Waals surface area contributed by atoms with E-state index in [-0.39, 0.29) is 17.9 Å². The number of nitrogens with zero attached hydrogens (tertiary/aromatic N) is 2. The van der Waals surface area contributed by atoms with Crippen LogP contribution in [0.15, 0.2) is 24.4 Å². The standard InChI is InChI=1S/C11H9F2N3O2/c12-7-2-1-6(3-8(7)13)4-16-5-9(14)10(15-16)11(17)18/h1-3,5H,4,14H2,(H,17,18). The van der Waals surface area contributed by atoms with Crippen LogP contribution in [0.5, 0.6) is 0 Å². The molecule has 0 unspecified atom stereocenters. The highest BCUT2D eigenvalue weighted by molar-refractivity contribution is 5.91. The van der Waals surface area contributed by atoms with E-state index in [9.17, 15) is 13.6 Å². The molecule has 0 spiro atoms. The van der Waals surface area contributed by atoms with Crippen molar-refractivity contribution in [1.82, 2.24) is 9.78 Å². The van der Waals surface area contributed by atoms with E-state index in [4.69, 9.17) is 10.8 Å². The van der Waals surface area contributed by atoms with Crippen LogP contribution in [0.4, 0.5) is 14.5 Å². The number of carboxylic acids is 1. The SMILES string of the molecule is Nc1cn(Cc2ccc(F)c(F)c2)nc1C(=O)O. The summed E-state index contributed by atoms with van der Waals surface area (Å²) in [6, 6.07) is 3.40. The first kappa shape index (κ1) is 12.0. The van der Waals surface area contributed by atoms with Crippen LogP contribution in [0, 0.1) is 11.6 Å². The zero-order valence-electron chi connectivity index (χ0n) is 9.10. The minimum absolute atomic E-state index is 0.0186. The topological polar surface area (TPSA) is 81.1 Å². The van der Waals surface area contributed by atoms with Gasteiger partial charge in [-0.1, -0.05) is 6.07 Å². The lowest BCUT2D eigenvalue weighted by Crippen LogP contribution is -2.05. The summed E-state index contributed by atoms with van der Waals surface area (Å²) in [5.74, 6) is -3.15. The first-order valence-electron chi connectivity index (χ1n) is 4.97. The van der Waals surface area contributed by atoms with Crippen molar-refractivity contribution in [3.8, 4) is 0 Å². The number of carbonyl (C=O) groups is 1. The quantitative estimate of drug-likeness (QED) is 0.868. The molecule has 2 aromatic rings. The highest BCUT2D eigenvalue weighted by atomic mass is 19.2. The highest BCUT2D eigenvalue weighted by Crippen LogP contribution is 2.13. The molecular formula is C11H9F2N3O2. The predicted molar refractivity (Wildman–Crippen MR) is 59.1 cm³/mol. The summed E-state index contributed by atoms with van der Waals surface area (Å²) in [6.07, 6.45) is 1.32. The van der Waals surface area contributed by atoms with Gasteiger partial charge in [-0.25, -0.2) is 13.6 Å². The fourth-order valence-corrected chi connectivity index (χ4v) is 1.51. The molecule has 1 heterocycles. The molecular weight excluding hydrogens is 244 g/mol. The van der Waals surface area contributed by atoms with Gasteiger partial charge in [0, 0.05) is 6.20 Å².